The highest BCUT2D eigenvalue weighted by Gasteiger charge is 2.04. The summed E-state index contributed by atoms with van der Waals surface area (Å²) in [6.45, 7) is 0.606. The van der Waals surface area contributed by atoms with Crippen molar-refractivity contribution in [3.05, 3.63) is 45.4 Å². The van der Waals surface area contributed by atoms with Crippen LogP contribution >= 0.6 is 22.9 Å². The quantitative estimate of drug-likeness (QED) is 0.875. The van der Waals surface area contributed by atoms with Crippen LogP contribution in [0.4, 0.5) is 5.69 Å². The van der Waals surface area contributed by atoms with Crippen LogP contribution in [0.25, 0.3) is 0 Å². The van der Waals surface area contributed by atoms with Crippen molar-refractivity contribution in [3.63, 3.8) is 0 Å². The number of anilines is 1. The molecule has 0 aliphatic rings. The number of thiazole rings is 1. The number of carbonyl (C=O) groups excluding carboxylic acids is 1. The molecule has 0 bridgehead atoms. The molecule has 6 heteroatoms. The van der Waals surface area contributed by atoms with Gasteiger partial charge in [-0.2, -0.15) is 0 Å². The van der Waals surface area contributed by atoms with Gasteiger partial charge >= 0.3 is 5.97 Å². The van der Waals surface area contributed by atoms with Crippen LogP contribution < -0.4 is 5.32 Å². The van der Waals surface area contributed by atoms with Gasteiger partial charge in [-0.25, -0.2) is 9.78 Å². The maximum atomic E-state index is 11.2. The summed E-state index contributed by atoms with van der Waals surface area (Å²) < 4.78 is 5.30. The van der Waals surface area contributed by atoms with Crippen molar-refractivity contribution in [2.24, 2.45) is 0 Å². The Balaban J connectivity index is 1.96. The number of hydrogen-bond donors (Lipinski definition) is 1. The molecule has 2 aromatic rings. The molecule has 2 rings (SSSR count). The highest BCUT2D eigenvalue weighted by Crippen LogP contribution is 2.19. The summed E-state index contributed by atoms with van der Waals surface area (Å²) in [5, 5.41) is 4.11. The summed E-state index contributed by atoms with van der Waals surface area (Å²) in [4.78, 5) is 15.4. The summed E-state index contributed by atoms with van der Waals surface area (Å²) >= 11 is 7.23. The highest BCUT2D eigenvalue weighted by molar-refractivity contribution is 7.15. The molecule has 1 N–H and O–H groups in total. The van der Waals surface area contributed by atoms with Gasteiger partial charge in [0.15, 0.2) is 0 Å². The first-order chi connectivity index (χ1) is 8.69. The lowest BCUT2D eigenvalue weighted by molar-refractivity contribution is 0.0601. The Kier molecular flexibility index (Phi) is 4.17. The maximum absolute atomic E-state index is 11.2. The summed E-state index contributed by atoms with van der Waals surface area (Å²) in [5.41, 5.74) is 1.44. The van der Waals surface area contributed by atoms with E-state index in [2.05, 4.69) is 15.0 Å². The zero-order chi connectivity index (χ0) is 13.0. The van der Waals surface area contributed by atoms with E-state index in [1.54, 1.807) is 18.3 Å². The number of hydrogen-bond acceptors (Lipinski definition) is 5. The van der Waals surface area contributed by atoms with Crippen molar-refractivity contribution in [3.8, 4) is 0 Å². The van der Waals surface area contributed by atoms with Gasteiger partial charge in [0.1, 0.15) is 9.34 Å². The minimum absolute atomic E-state index is 0.340. The summed E-state index contributed by atoms with van der Waals surface area (Å²) in [5.74, 6) is -0.340. The standard InChI is InChI=1S/C12H11ClN2O2S/c1-17-12(16)8-2-4-9(5-3-8)14-7-11-15-6-10(13)18-11/h2-6,14H,7H2,1H3. The molecule has 0 fully saturated rings. The molecule has 18 heavy (non-hydrogen) atoms. The molecular formula is C12H11ClN2O2S. The predicted octanol–water partition coefficient (Wildman–Crippen LogP) is 3.20. The number of methoxy groups -OCH3 is 1. The van der Waals surface area contributed by atoms with Crippen molar-refractivity contribution in [1.82, 2.24) is 4.98 Å². The van der Waals surface area contributed by atoms with E-state index in [4.69, 9.17) is 11.6 Å². The third-order valence-electron chi connectivity index (χ3n) is 2.28. The summed E-state index contributed by atoms with van der Waals surface area (Å²) in [6.07, 6.45) is 1.63. The molecular weight excluding hydrogens is 272 g/mol. The SMILES string of the molecule is COC(=O)c1ccc(NCc2ncc(Cl)s2)cc1. The Morgan fingerprint density at radius 3 is 2.72 bits per heavy atom. The van der Waals surface area contributed by atoms with Gasteiger partial charge in [0.25, 0.3) is 0 Å². The number of aromatic nitrogens is 1. The van der Waals surface area contributed by atoms with Gasteiger partial charge in [-0.05, 0) is 24.3 Å². The van der Waals surface area contributed by atoms with E-state index in [1.165, 1.54) is 18.4 Å². The molecule has 0 spiro atoms. The van der Waals surface area contributed by atoms with Gasteiger partial charge < -0.3 is 10.1 Å². The Morgan fingerprint density at radius 2 is 2.17 bits per heavy atom. The van der Waals surface area contributed by atoms with Crippen molar-refractivity contribution >= 4 is 34.6 Å². The fourth-order valence-electron chi connectivity index (χ4n) is 1.39. The number of esters is 1. The summed E-state index contributed by atoms with van der Waals surface area (Å²) in [7, 11) is 1.36. The van der Waals surface area contributed by atoms with Crippen molar-refractivity contribution in [1.29, 1.82) is 0 Å². The van der Waals surface area contributed by atoms with Crippen molar-refractivity contribution in [2.75, 3.05) is 12.4 Å². The molecule has 1 aromatic carbocycles. The molecule has 0 saturated carbocycles. The van der Waals surface area contributed by atoms with Gasteiger partial charge in [-0.15, -0.1) is 11.3 Å². The van der Waals surface area contributed by atoms with Crippen LogP contribution in [0.1, 0.15) is 15.4 Å². The predicted molar refractivity (Wildman–Crippen MR) is 72.2 cm³/mol. The van der Waals surface area contributed by atoms with Crippen LogP contribution in [0.3, 0.4) is 0 Å². The first-order valence-corrected chi connectivity index (χ1v) is 6.41. The van der Waals surface area contributed by atoms with E-state index in [0.717, 1.165) is 10.7 Å². The van der Waals surface area contributed by atoms with Gasteiger partial charge in [0, 0.05) is 5.69 Å². The fourth-order valence-corrected chi connectivity index (χ4v) is 2.29. The van der Waals surface area contributed by atoms with Crippen LogP contribution in [0.15, 0.2) is 30.5 Å². The molecule has 1 aromatic heterocycles. The Hall–Kier alpha value is -1.59. The van der Waals surface area contributed by atoms with Gasteiger partial charge in [-0.3, -0.25) is 0 Å². The molecule has 0 aliphatic heterocycles. The number of nitrogens with one attached hydrogen (secondary N) is 1. The number of nitrogens with zero attached hydrogens (tertiary/aromatic N) is 1. The lowest BCUT2D eigenvalue weighted by Gasteiger charge is -2.05. The van der Waals surface area contributed by atoms with E-state index >= 15 is 0 Å². The molecule has 0 aliphatic carbocycles. The second kappa shape index (κ2) is 5.84. The monoisotopic (exact) mass is 282 g/mol. The van der Waals surface area contributed by atoms with Gasteiger partial charge in [0.05, 0.1) is 25.4 Å². The topological polar surface area (TPSA) is 51.2 Å². The van der Waals surface area contributed by atoms with E-state index in [1.807, 2.05) is 12.1 Å². The van der Waals surface area contributed by atoms with Gasteiger partial charge in [0.2, 0.25) is 0 Å². The number of halogens is 1. The van der Waals surface area contributed by atoms with Crippen LogP contribution in [0, 0.1) is 0 Å². The molecule has 1 heterocycles. The lowest BCUT2D eigenvalue weighted by atomic mass is 10.2. The minimum Gasteiger partial charge on any atom is -0.465 e. The molecule has 0 amide bonds. The van der Waals surface area contributed by atoms with Gasteiger partial charge in [-0.1, -0.05) is 11.6 Å². The van der Waals surface area contributed by atoms with Crippen LogP contribution in [0.2, 0.25) is 4.34 Å². The Morgan fingerprint density at radius 1 is 1.44 bits per heavy atom. The molecule has 0 unspecified atom stereocenters. The molecule has 0 atom stereocenters. The third kappa shape index (κ3) is 3.21. The van der Waals surface area contributed by atoms with E-state index < -0.39 is 0 Å². The number of carbonyl (C=O) groups is 1. The van der Waals surface area contributed by atoms with E-state index in [9.17, 15) is 4.79 Å². The first kappa shape index (κ1) is 12.9. The smallest absolute Gasteiger partial charge is 0.337 e. The second-order valence-electron chi connectivity index (χ2n) is 3.48. The average molecular weight is 283 g/mol. The van der Waals surface area contributed by atoms with E-state index in [0.29, 0.717) is 16.4 Å². The van der Waals surface area contributed by atoms with Crippen molar-refractivity contribution in [2.45, 2.75) is 6.54 Å². The minimum atomic E-state index is -0.340. The van der Waals surface area contributed by atoms with Crippen LogP contribution in [-0.2, 0) is 11.3 Å². The molecule has 4 nitrogen and oxygen atoms in total. The average Bonchev–Trinajstić information content (AvgIpc) is 2.82. The molecule has 0 saturated heterocycles. The Labute approximate surface area is 114 Å². The number of rotatable bonds is 4. The normalized spacial score (nSPS) is 10.1. The second-order valence-corrected chi connectivity index (χ2v) is 5.23. The third-order valence-corrected chi connectivity index (χ3v) is 3.39. The summed E-state index contributed by atoms with van der Waals surface area (Å²) in [6, 6.07) is 7.06. The number of ether oxygens (including phenoxy) is 1. The highest BCUT2D eigenvalue weighted by atomic mass is 35.5. The molecule has 0 radical (unpaired) electrons. The zero-order valence-electron chi connectivity index (χ0n) is 9.64. The zero-order valence-corrected chi connectivity index (χ0v) is 11.2. The first-order valence-electron chi connectivity index (χ1n) is 5.21. The number of benzene rings is 1. The van der Waals surface area contributed by atoms with E-state index in [-0.39, 0.29) is 5.97 Å². The maximum Gasteiger partial charge on any atom is 0.337 e. The Bertz CT molecular complexity index is 539. The van der Waals surface area contributed by atoms with Crippen molar-refractivity contribution < 1.29 is 9.53 Å². The fraction of sp³-hybridized carbons (Fsp3) is 0.167. The van der Waals surface area contributed by atoms with Crippen LogP contribution in [-0.4, -0.2) is 18.1 Å². The molecule has 94 valence electrons. The lowest BCUT2D eigenvalue weighted by Crippen LogP contribution is -2.02. The largest absolute Gasteiger partial charge is 0.465 e. The van der Waals surface area contributed by atoms with Crippen LogP contribution in [0.5, 0.6) is 0 Å².